The van der Waals surface area contributed by atoms with Crippen molar-refractivity contribution in [3.63, 3.8) is 0 Å². The first kappa shape index (κ1) is 20.5. The molecule has 0 amide bonds. The lowest BCUT2D eigenvalue weighted by Crippen LogP contribution is -1.99. The molecule has 0 saturated heterocycles. The molecule has 1 nitrogen and oxygen atoms in total. The maximum Gasteiger partial charge on any atom is 0.147 e. The minimum atomic E-state index is 0.787. The predicted molar refractivity (Wildman–Crippen MR) is 107 cm³/mol. The molecule has 22 heavy (non-hydrogen) atoms. The molecule has 0 N–H and O–H groups in total. The molecule has 0 fully saturated rings. The number of unbranched alkanes of at least 4 members (excludes halogenated alkanes) is 9. The SMILES string of the molecule is CCCCCCCCCCCCOc1c(Br)cc(Br)cc1Br. The molecule has 0 heterocycles. The van der Waals surface area contributed by atoms with Crippen LogP contribution in [-0.2, 0) is 0 Å². The van der Waals surface area contributed by atoms with Gasteiger partial charge in [0, 0.05) is 4.47 Å². The van der Waals surface area contributed by atoms with Gasteiger partial charge >= 0.3 is 0 Å². The largest absolute Gasteiger partial charge is 0.491 e. The first-order valence-corrected chi connectivity index (χ1v) is 10.8. The summed E-state index contributed by atoms with van der Waals surface area (Å²) in [5.74, 6) is 0.902. The fourth-order valence-electron chi connectivity index (χ4n) is 2.43. The predicted octanol–water partition coefficient (Wildman–Crippen LogP) is 8.27. The maximum absolute atomic E-state index is 5.88. The molecule has 1 aromatic rings. The van der Waals surface area contributed by atoms with Crippen LogP contribution in [0.1, 0.15) is 71.1 Å². The fourth-order valence-corrected chi connectivity index (χ4v) is 4.92. The third-order valence-electron chi connectivity index (χ3n) is 3.71. The Kier molecular flexibility index (Phi) is 12.0. The molecule has 0 atom stereocenters. The summed E-state index contributed by atoms with van der Waals surface area (Å²) in [6.07, 6.45) is 13.5. The molecule has 126 valence electrons. The Morgan fingerprint density at radius 1 is 0.727 bits per heavy atom. The first-order chi connectivity index (χ1) is 10.6. The number of hydrogen-bond acceptors (Lipinski definition) is 1. The van der Waals surface area contributed by atoms with Gasteiger partial charge in [0.1, 0.15) is 5.75 Å². The second kappa shape index (κ2) is 12.8. The quantitative estimate of drug-likeness (QED) is 0.263. The van der Waals surface area contributed by atoms with Gasteiger partial charge in [-0.15, -0.1) is 0 Å². The zero-order valence-corrected chi connectivity index (χ0v) is 18.2. The lowest BCUT2D eigenvalue weighted by Gasteiger charge is -2.10. The van der Waals surface area contributed by atoms with Crippen LogP contribution in [0.15, 0.2) is 25.6 Å². The third kappa shape index (κ3) is 8.93. The van der Waals surface area contributed by atoms with Crippen LogP contribution in [0.5, 0.6) is 5.75 Å². The summed E-state index contributed by atoms with van der Waals surface area (Å²) < 4.78 is 8.89. The van der Waals surface area contributed by atoms with Crippen LogP contribution >= 0.6 is 47.8 Å². The van der Waals surface area contributed by atoms with Crippen LogP contribution in [0, 0.1) is 0 Å². The van der Waals surface area contributed by atoms with Gasteiger partial charge in [-0.1, -0.05) is 80.6 Å². The van der Waals surface area contributed by atoms with Gasteiger partial charge in [-0.2, -0.15) is 0 Å². The second-order valence-electron chi connectivity index (χ2n) is 5.73. The molecule has 4 heteroatoms. The smallest absolute Gasteiger partial charge is 0.147 e. The van der Waals surface area contributed by atoms with Gasteiger partial charge in [-0.25, -0.2) is 0 Å². The summed E-state index contributed by atoms with van der Waals surface area (Å²) in [5, 5.41) is 0. The van der Waals surface area contributed by atoms with Crippen molar-refractivity contribution in [1.29, 1.82) is 0 Å². The van der Waals surface area contributed by atoms with E-state index in [9.17, 15) is 0 Å². The van der Waals surface area contributed by atoms with Gasteiger partial charge in [-0.05, 0) is 50.4 Å². The Bertz CT molecular complexity index is 398. The lowest BCUT2D eigenvalue weighted by molar-refractivity contribution is 0.300. The summed E-state index contributed by atoms with van der Waals surface area (Å²) in [7, 11) is 0. The lowest BCUT2D eigenvalue weighted by atomic mass is 10.1. The average molecular weight is 499 g/mol. The van der Waals surface area contributed by atoms with Crippen molar-refractivity contribution in [2.45, 2.75) is 71.1 Å². The average Bonchev–Trinajstić information content (AvgIpc) is 2.46. The van der Waals surface area contributed by atoms with Gasteiger partial charge in [0.25, 0.3) is 0 Å². The monoisotopic (exact) mass is 496 g/mol. The third-order valence-corrected chi connectivity index (χ3v) is 5.34. The molecular formula is C18H27Br3O. The van der Waals surface area contributed by atoms with E-state index in [4.69, 9.17) is 4.74 Å². The highest BCUT2D eigenvalue weighted by atomic mass is 79.9. The van der Waals surface area contributed by atoms with E-state index in [1.54, 1.807) is 0 Å². The standard InChI is InChI=1S/C18H27Br3O/c1-2-3-4-5-6-7-8-9-10-11-12-22-18-16(20)13-15(19)14-17(18)21/h13-14H,2-12H2,1H3. The number of benzene rings is 1. The van der Waals surface area contributed by atoms with E-state index < -0.39 is 0 Å². The number of ether oxygens (including phenoxy) is 1. The van der Waals surface area contributed by atoms with Gasteiger partial charge in [0.2, 0.25) is 0 Å². The summed E-state index contributed by atoms with van der Waals surface area (Å²) in [6, 6.07) is 4.03. The number of rotatable bonds is 12. The Balaban J connectivity index is 2.02. The van der Waals surface area contributed by atoms with E-state index >= 15 is 0 Å². The van der Waals surface area contributed by atoms with Crippen LogP contribution in [0.4, 0.5) is 0 Å². The van der Waals surface area contributed by atoms with E-state index in [2.05, 4.69) is 54.7 Å². The molecule has 0 aliphatic carbocycles. The molecule has 0 unspecified atom stereocenters. The number of halogens is 3. The Labute approximate surface area is 161 Å². The topological polar surface area (TPSA) is 9.23 Å². The van der Waals surface area contributed by atoms with Gasteiger partial charge in [0.05, 0.1) is 15.6 Å². The van der Waals surface area contributed by atoms with Crippen molar-refractivity contribution >= 4 is 47.8 Å². The van der Waals surface area contributed by atoms with E-state index in [1.165, 1.54) is 57.8 Å². The minimum absolute atomic E-state index is 0.787. The first-order valence-electron chi connectivity index (χ1n) is 8.42. The van der Waals surface area contributed by atoms with Crippen molar-refractivity contribution in [2.75, 3.05) is 6.61 Å². The molecule has 1 rings (SSSR count). The summed E-state index contributed by atoms with van der Waals surface area (Å²) >= 11 is 10.6. The highest BCUT2D eigenvalue weighted by Gasteiger charge is 2.07. The van der Waals surface area contributed by atoms with Crippen LogP contribution in [0.3, 0.4) is 0 Å². The van der Waals surface area contributed by atoms with Crippen LogP contribution in [0.2, 0.25) is 0 Å². The molecule has 1 aromatic carbocycles. The van der Waals surface area contributed by atoms with Gasteiger partial charge in [0.15, 0.2) is 0 Å². The summed E-state index contributed by atoms with van der Waals surface area (Å²) in [5.41, 5.74) is 0. The normalized spacial score (nSPS) is 10.9. The Hall–Kier alpha value is 0.460. The van der Waals surface area contributed by atoms with Gasteiger partial charge < -0.3 is 4.74 Å². The molecule has 0 aliphatic heterocycles. The molecule has 0 aliphatic rings. The van der Waals surface area contributed by atoms with Crippen molar-refractivity contribution in [2.24, 2.45) is 0 Å². The van der Waals surface area contributed by atoms with Crippen molar-refractivity contribution in [1.82, 2.24) is 0 Å². The van der Waals surface area contributed by atoms with Gasteiger partial charge in [-0.3, -0.25) is 0 Å². The molecule has 0 spiro atoms. The minimum Gasteiger partial charge on any atom is -0.491 e. The number of hydrogen-bond donors (Lipinski definition) is 0. The van der Waals surface area contributed by atoms with E-state index in [-0.39, 0.29) is 0 Å². The van der Waals surface area contributed by atoms with Crippen LogP contribution < -0.4 is 4.74 Å². The zero-order chi connectivity index (χ0) is 16.2. The second-order valence-corrected chi connectivity index (χ2v) is 8.35. The van der Waals surface area contributed by atoms with E-state index in [0.717, 1.165) is 32.2 Å². The molecule has 0 aromatic heterocycles. The van der Waals surface area contributed by atoms with Crippen LogP contribution in [-0.4, -0.2) is 6.61 Å². The van der Waals surface area contributed by atoms with Crippen molar-refractivity contribution < 1.29 is 4.74 Å². The fraction of sp³-hybridized carbons (Fsp3) is 0.667. The van der Waals surface area contributed by atoms with E-state index in [1.807, 2.05) is 12.1 Å². The van der Waals surface area contributed by atoms with Crippen LogP contribution in [0.25, 0.3) is 0 Å². The zero-order valence-electron chi connectivity index (χ0n) is 13.5. The van der Waals surface area contributed by atoms with Crippen molar-refractivity contribution in [3.05, 3.63) is 25.6 Å². The Morgan fingerprint density at radius 3 is 1.68 bits per heavy atom. The molecule has 0 bridgehead atoms. The Morgan fingerprint density at radius 2 is 1.18 bits per heavy atom. The highest BCUT2D eigenvalue weighted by molar-refractivity contribution is 9.11. The highest BCUT2D eigenvalue weighted by Crippen LogP contribution is 2.36. The summed E-state index contributed by atoms with van der Waals surface area (Å²) in [6.45, 7) is 3.06. The molecule has 0 radical (unpaired) electrons. The van der Waals surface area contributed by atoms with Crippen molar-refractivity contribution in [3.8, 4) is 5.75 Å². The molecule has 0 saturated carbocycles. The molecular weight excluding hydrogens is 472 g/mol. The summed E-state index contributed by atoms with van der Waals surface area (Å²) in [4.78, 5) is 0. The van der Waals surface area contributed by atoms with E-state index in [0.29, 0.717) is 0 Å². The maximum atomic E-state index is 5.88.